The number of rotatable bonds is 2. The number of benzene rings is 2. The molecule has 0 aliphatic heterocycles. The van der Waals surface area contributed by atoms with E-state index in [1.807, 2.05) is 45.9 Å². The minimum absolute atomic E-state index is 0.325. The molecule has 100 valence electrons. The molecule has 2 aromatic rings. The normalized spacial score (nSPS) is 10.7. The van der Waals surface area contributed by atoms with E-state index in [0.29, 0.717) is 17.9 Å². The van der Waals surface area contributed by atoms with E-state index in [1.54, 1.807) is 6.07 Å². The summed E-state index contributed by atoms with van der Waals surface area (Å²) in [7, 11) is 0. The monoisotopic (exact) mass is 256 g/mol. The molecule has 0 saturated carbocycles. The number of aryl methyl sites for hydroxylation is 4. The second-order valence-corrected chi connectivity index (χ2v) is 5.31. The highest BCUT2D eigenvalue weighted by atomic mass is 16.3. The van der Waals surface area contributed by atoms with Crippen LogP contribution in [0.4, 0.5) is 0 Å². The van der Waals surface area contributed by atoms with Crippen LogP contribution in [0.3, 0.4) is 0 Å². The highest BCUT2D eigenvalue weighted by Gasteiger charge is 2.09. The summed E-state index contributed by atoms with van der Waals surface area (Å²) in [6, 6.07) is 7.61. The molecule has 0 spiro atoms. The van der Waals surface area contributed by atoms with Gasteiger partial charge in [0.15, 0.2) is 0 Å². The number of phenols is 2. The molecule has 2 nitrogen and oxygen atoms in total. The molecule has 0 bridgehead atoms. The third-order valence-electron chi connectivity index (χ3n) is 3.73. The molecule has 0 unspecified atom stereocenters. The Morgan fingerprint density at radius 1 is 0.632 bits per heavy atom. The number of aromatic hydroxyl groups is 2. The Morgan fingerprint density at radius 3 is 1.84 bits per heavy atom. The van der Waals surface area contributed by atoms with Crippen LogP contribution in [0.1, 0.15) is 33.4 Å². The predicted octanol–water partition coefficient (Wildman–Crippen LogP) is 3.92. The molecular weight excluding hydrogens is 236 g/mol. The average Bonchev–Trinajstić information content (AvgIpc) is 2.32. The largest absolute Gasteiger partial charge is 0.508 e. The first-order valence-corrected chi connectivity index (χ1v) is 6.46. The van der Waals surface area contributed by atoms with Crippen LogP contribution in [0.2, 0.25) is 0 Å². The predicted molar refractivity (Wildman–Crippen MR) is 78.0 cm³/mol. The van der Waals surface area contributed by atoms with Crippen molar-refractivity contribution in [1.82, 2.24) is 0 Å². The summed E-state index contributed by atoms with van der Waals surface area (Å²) in [4.78, 5) is 0. The Balaban J connectivity index is 2.42. The standard InChI is InChI=1S/C17H20O2/c1-10-5-15(17(19)7-11(10)2)9-14-6-13(4)16(18)8-12(14)3/h5-8,18-19H,9H2,1-4H3. The maximum atomic E-state index is 10.0. The van der Waals surface area contributed by atoms with Gasteiger partial charge in [-0.05, 0) is 73.2 Å². The second-order valence-electron chi connectivity index (χ2n) is 5.31. The van der Waals surface area contributed by atoms with E-state index in [0.717, 1.165) is 27.8 Å². The van der Waals surface area contributed by atoms with Gasteiger partial charge in [0, 0.05) is 6.42 Å². The van der Waals surface area contributed by atoms with Gasteiger partial charge in [-0.25, -0.2) is 0 Å². The zero-order valence-corrected chi connectivity index (χ0v) is 11.9. The van der Waals surface area contributed by atoms with E-state index >= 15 is 0 Å². The van der Waals surface area contributed by atoms with E-state index < -0.39 is 0 Å². The number of hydrogen-bond acceptors (Lipinski definition) is 2. The van der Waals surface area contributed by atoms with Crippen LogP contribution < -0.4 is 0 Å². The molecule has 0 amide bonds. The van der Waals surface area contributed by atoms with Crippen molar-refractivity contribution in [3.05, 3.63) is 57.6 Å². The molecule has 2 N–H and O–H groups in total. The first kappa shape index (κ1) is 13.5. The van der Waals surface area contributed by atoms with Crippen molar-refractivity contribution >= 4 is 0 Å². The Morgan fingerprint density at radius 2 is 1.16 bits per heavy atom. The van der Waals surface area contributed by atoms with Crippen molar-refractivity contribution in [3.8, 4) is 11.5 Å². The van der Waals surface area contributed by atoms with Gasteiger partial charge in [0.25, 0.3) is 0 Å². The lowest BCUT2D eigenvalue weighted by Gasteiger charge is -2.12. The molecule has 2 heteroatoms. The van der Waals surface area contributed by atoms with Gasteiger partial charge in [-0.3, -0.25) is 0 Å². The van der Waals surface area contributed by atoms with Crippen LogP contribution >= 0.6 is 0 Å². The summed E-state index contributed by atoms with van der Waals surface area (Å²) in [6.07, 6.45) is 0.680. The first-order chi connectivity index (χ1) is 8.88. The van der Waals surface area contributed by atoms with Crippen LogP contribution in [0.25, 0.3) is 0 Å². The van der Waals surface area contributed by atoms with Crippen molar-refractivity contribution in [3.63, 3.8) is 0 Å². The fourth-order valence-corrected chi connectivity index (χ4v) is 2.26. The fraction of sp³-hybridized carbons (Fsp3) is 0.294. The molecule has 2 aromatic carbocycles. The fourth-order valence-electron chi connectivity index (χ4n) is 2.26. The summed E-state index contributed by atoms with van der Waals surface area (Å²) in [6.45, 7) is 7.91. The van der Waals surface area contributed by atoms with Crippen LogP contribution in [0.15, 0.2) is 24.3 Å². The van der Waals surface area contributed by atoms with Gasteiger partial charge >= 0.3 is 0 Å². The lowest BCUT2D eigenvalue weighted by Crippen LogP contribution is -1.95. The summed E-state index contributed by atoms with van der Waals surface area (Å²) in [5, 5.41) is 19.7. The second kappa shape index (κ2) is 4.96. The van der Waals surface area contributed by atoms with Gasteiger partial charge < -0.3 is 10.2 Å². The van der Waals surface area contributed by atoms with E-state index in [2.05, 4.69) is 0 Å². The zero-order valence-electron chi connectivity index (χ0n) is 11.9. The summed E-state index contributed by atoms with van der Waals surface area (Å²) >= 11 is 0. The molecule has 0 radical (unpaired) electrons. The van der Waals surface area contributed by atoms with Crippen LogP contribution in [-0.2, 0) is 6.42 Å². The third kappa shape index (κ3) is 2.73. The molecule has 0 aliphatic carbocycles. The minimum Gasteiger partial charge on any atom is -0.508 e. The van der Waals surface area contributed by atoms with Crippen molar-refractivity contribution in [2.24, 2.45) is 0 Å². The van der Waals surface area contributed by atoms with E-state index in [-0.39, 0.29) is 0 Å². The van der Waals surface area contributed by atoms with Crippen molar-refractivity contribution < 1.29 is 10.2 Å². The molecule has 0 fully saturated rings. The maximum Gasteiger partial charge on any atom is 0.119 e. The number of hydrogen-bond donors (Lipinski definition) is 2. The van der Waals surface area contributed by atoms with Crippen LogP contribution in [-0.4, -0.2) is 10.2 Å². The summed E-state index contributed by atoms with van der Waals surface area (Å²) in [5.74, 6) is 0.666. The van der Waals surface area contributed by atoms with Crippen LogP contribution in [0.5, 0.6) is 11.5 Å². The van der Waals surface area contributed by atoms with Gasteiger partial charge in [-0.15, -0.1) is 0 Å². The van der Waals surface area contributed by atoms with Gasteiger partial charge in [0.2, 0.25) is 0 Å². The SMILES string of the molecule is Cc1cc(O)c(Cc2cc(C)c(O)cc2C)cc1C. The number of phenolic OH excluding ortho intramolecular Hbond substituents is 2. The topological polar surface area (TPSA) is 40.5 Å². The highest BCUT2D eigenvalue weighted by Crippen LogP contribution is 2.28. The molecule has 2 rings (SSSR count). The first-order valence-electron chi connectivity index (χ1n) is 6.46. The third-order valence-corrected chi connectivity index (χ3v) is 3.73. The molecule has 0 saturated heterocycles. The molecule has 0 heterocycles. The van der Waals surface area contributed by atoms with Gasteiger partial charge in [-0.2, -0.15) is 0 Å². The maximum absolute atomic E-state index is 10.0. The Hall–Kier alpha value is -1.96. The van der Waals surface area contributed by atoms with Crippen molar-refractivity contribution in [2.45, 2.75) is 34.1 Å². The average molecular weight is 256 g/mol. The zero-order chi connectivity index (χ0) is 14.2. The van der Waals surface area contributed by atoms with Crippen LogP contribution in [0, 0.1) is 27.7 Å². The molecule has 19 heavy (non-hydrogen) atoms. The van der Waals surface area contributed by atoms with Gasteiger partial charge in [0.1, 0.15) is 11.5 Å². The summed E-state index contributed by atoms with van der Waals surface area (Å²) < 4.78 is 0. The Bertz CT molecular complexity index is 572. The lowest BCUT2D eigenvalue weighted by atomic mass is 9.95. The Labute approximate surface area is 114 Å². The minimum atomic E-state index is 0.325. The molecule has 0 aromatic heterocycles. The van der Waals surface area contributed by atoms with Gasteiger partial charge in [-0.1, -0.05) is 12.1 Å². The molecular formula is C17H20O2. The molecule has 0 atom stereocenters. The van der Waals surface area contributed by atoms with E-state index in [9.17, 15) is 10.2 Å². The molecule has 0 aliphatic rings. The lowest BCUT2D eigenvalue weighted by molar-refractivity contribution is 0.468. The van der Waals surface area contributed by atoms with Gasteiger partial charge in [0.05, 0.1) is 0 Å². The summed E-state index contributed by atoms with van der Waals surface area (Å²) in [5.41, 5.74) is 6.25. The van der Waals surface area contributed by atoms with Crippen molar-refractivity contribution in [2.75, 3.05) is 0 Å². The Kier molecular flexibility index (Phi) is 3.52. The van der Waals surface area contributed by atoms with Crippen molar-refractivity contribution in [1.29, 1.82) is 0 Å². The smallest absolute Gasteiger partial charge is 0.119 e. The van der Waals surface area contributed by atoms with E-state index in [1.165, 1.54) is 5.56 Å². The quantitative estimate of drug-likeness (QED) is 0.855. The van der Waals surface area contributed by atoms with E-state index in [4.69, 9.17) is 0 Å². The highest BCUT2D eigenvalue weighted by molar-refractivity contribution is 5.47.